The highest BCUT2D eigenvalue weighted by Gasteiger charge is 2.55. The molecule has 2 aliphatic rings. The van der Waals surface area contributed by atoms with Gasteiger partial charge in [-0.15, -0.1) is 0 Å². The molecule has 0 bridgehead atoms. The summed E-state index contributed by atoms with van der Waals surface area (Å²) in [6.07, 6.45) is 1.52. The Hall–Kier alpha value is -2.14. The fraction of sp³-hybridized carbons (Fsp3) is 0.375. The molecular formula is C16H16N2O3. The number of hydrogen-bond acceptors (Lipinski definition) is 3. The zero-order valence-electron chi connectivity index (χ0n) is 11.5. The minimum Gasteiger partial charge on any atom is -0.391 e. The molecular weight excluding hydrogens is 268 g/mol. The number of β-amino-alcohol motifs (C(OH)–C–C–N with tert-alkyl or cyclic N) is 1. The van der Waals surface area contributed by atoms with Crippen molar-refractivity contribution in [2.75, 3.05) is 13.1 Å². The molecule has 21 heavy (non-hydrogen) atoms. The van der Waals surface area contributed by atoms with E-state index in [9.17, 15) is 14.7 Å². The molecule has 1 aromatic heterocycles. The van der Waals surface area contributed by atoms with E-state index in [1.54, 1.807) is 23.1 Å². The largest absolute Gasteiger partial charge is 0.391 e. The van der Waals surface area contributed by atoms with Crippen molar-refractivity contribution in [1.82, 2.24) is 9.88 Å². The summed E-state index contributed by atoms with van der Waals surface area (Å²) in [6, 6.07) is 8.91. The van der Waals surface area contributed by atoms with Crippen molar-refractivity contribution < 1.29 is 9.90 Å². The quantitative estimate of drug-likeness (QED) is 0.824. The number of benzene rings is 1. The number of likely N-dealkylation sites (tertiary alicyclic amines) is 1. The molecule has 1 aromatic carbocycles. The monoisotopic (exact) mass is 284 g/mol. The number of fused-ring (bicyclic) bond motifs is 1. The molecule has 5 heteroatoms. The minimum atomic E-state index is -0.436. The van der Waals surface area contributed by atoms with Crippen LogP contribution in [0.5, 0.6) is 0 Å². The minimum absolute atomic E-state index is 0.0766. The fourth-order valence-corrected chi connectivity index (χ4v) is 3.26. The number of rotatable bonds is 1. The zero-order chi connectivity index (χ0) is 14.6. The van der Waals surface area contributed by atoms with Gasteiger partial charge < -0.3 is 15.0 Å². The highest BCUT2D eigenvalue weighted by molar-refractivity contribution is 5.96. The summed E-state index contributed by atoms with van der Waals surface area (Å²) < 4.78 is 0. The van der Waals surface area contributed by atoms with Gasteiger partial charge in [0.05, 0.1) is 6.10 Å². The second-order valence-electron chi connectivity index (χ2n) is 6.16. The first-order valence-electron chi connectivity index (χ1n) is 7.18. The number of pyridine rings is 1. The van der Waals surface area contributed by atoms with E-state index in [4.69, 9.17) is 0 Å². The average Bonchev–Trinajstić information content (AvgIpc) is 3.19. The highest BCUT2D eigenvalue weighted by atomic mass is 16.3. The van der Waals surface area contributed by atoms with Crippen LogP contribution in [0.2, 0.25) is 0 Å². The van der Waals surface area contributed by atoms with E-state index in [-0.39, 0.29) is 16.9 Å². The predicted molar refractivity (Wildman–Crippen MR) is 78.1 cm³/mol. The van der Waals surface area contributed by atoms with E-state index in [1.165, 1.54) is 0 Å². The molecule has 0 radical (unpaired) electrons. The summed E-state index contributed by atoms with van der Waals surface area (Å²) in [5.41, 5.74) is -0.0341. The Kier molecular flexibility index (Phi) is 2.50. The molecule has 1 aliphatic carbocycles. The number of H-pyrrole nitrogens is 1. The first-order chi connectivity index (χ1) is 10.1. The van der Waals surface area contributed by atoms with E-state index < -0.39 is 6.10 Å². The van der Waals surface area contributed by atoms with Gasteiger partial charge in [0.2, 0.25) is 0 Å². The van der Waals surface area contributed by atoms with Crippen molar-refractivity contribution in [1.29, 1.82) is 0 Å². The maximum Gasteiger partial charge on any atom is 0.270 e. The molecule has 1 spiro atoms. The zero-order valence-corrected chi connectivity index (χ0v) is 11.5. The predicted octanol–water partition coefficient (Wildman–Crippen LogP) is 1.12. The average molecular weight is 284 g/mol. The summed E-state index contributed by atoms with van der Waals surface area (Å²) in [5, 5.41) is 11.4. The third-order valence-corrected chi connectivity index (χ3v) is 4.77. The van der Waals surface area contributed by atoms with Gasteiger partial charge in [0, 0.05) is 23.9 Å². The highest BCUT2D eigenvalue weighted by Crippen LogP contribution is 2.52. The Morgan fingerprint density at radius 1 is 1.33 bits per heavy atom. The molecule has 2 aromatic rings. The first kappa shape index (κ1) is 12.6. The van der Waals surface area contributed by atoms with E-state index in [0.717, 1.165) is 18.2 Å². The van der Waals surface area contributed by atoms with Crippen molar-refractivity contribution in [3.8, 4) is 0 Å². The number of aliphatic hydroxyl groups excluding tert-OH is 1. The molecule has 4 rings (SSSR count). The molecule has 1 saturated heterocycles. The van der Waals surface area contributed by atoms with Crippen molar-refractivity contribution >= 4 is 16.7 Å². The van der Waals surface area contributed by atoms with Crippen LogP contribution in [0.3, 0.4) is 0 Å². The van der Waals surface area contributed by atoms with Gasteiger partial charge in [-0.2, -0.15) is 0 Å². The molecule has 2 N–H and O–H groups in total. The third kappa shape index (κ3) is 1.88. The second kappa shape index (κ2) is 4.18. The van der Waals surface area contributed by atoms with Crippen molar-refractivity contribution in [3.63, 3.8) is 0 Å². The molecule has 1 atom stereocenters. The number of hydrogen-bond donors (Lipinski definition) is 2. The lowest BCUT2D eigenvalue weighted by Crippen LogP contribution is -2.31. The Labute approximate surface area is 121 Å². The molecule has 108 valence electrons. The summed E-state index contributed by atoms with van der Waals surface area (Å²) in [6.45, 7) is 0.940. The molecule has 1 aliphatic heterocycles. The first-order valence-corrected chi connectivity index (χ1v) is 7.18. The van der Waals surface area contributed by atoms with Crippen LogP contribution in [0, 0.1) is 5.41 Å². The number of aliphatic hydroxyl groups is 1. The number of aromatic nitrogens is 1. The van der Waals surface area contributed by atoms with Crippen LogP contribution in [0.4, 0.5) is 0 Å². The summed E-state index contributed by atoms with van der Waals surface area (Å²) in [4.78, 5) is 28.9. The van der Waals surface area contributed by atoms with Gasteiger partial charge in [0.25, 0.3) is 11.5 Å². The van der Waals surface area contributed by atoms with Crippen LogP contribution in [0.15, 0.2) is 35.1 Å². The lowest BCUT2D eigenvalue weighted by molar-refractivity contribution is 0.0758. The number of nitrogens with zero attached hydrogens (tertiary/aromatic N) is 1. The van der Waals surface area contributed by atoms with E-state index >= 15 is 0 Å². The van der Waals surface area contributed by atoms with Crippen molar-refractivity contribution in [3.05, 3.63) is 46.4 Å². The van der Waals surface area contributed by atoms with Crippen LogP contribution in [-0.4, -0.2) is 40.1 Å². The van der Waals surface area contributed by atoms with Gasteiger partial charge in [0.15, 0.2) is 0 Å². The Bertz CT molecular complexity index is 791. The molecule has 1 unspecified atom stereocenters. The third-order valence-electron chi connectivity index (χ3n) is 4.77. The maximum atomic E-state index is 12.5. The molecule has 5 nitrogen and oxygen atoms in total. The van der Waals surface area contributed by atoms with Gasteiger partial charge in [-0.05, 0) is 30.4 Å². The summed E-state index contributed by atoms with van der Waals surface area (Å²) in [7, 11) is 0. The van der Waals surface area contributed by atoms with Crippen molar-refractivity contribution in [2.45, 2.75) is 18.9 Å². The van der Waals surface area contributed by atoms with Crippen molar-refractivity contribution in [2.24, 2.45) is 5.41 Å². The van der Waals surface area contributed by atoms with E-state index in [0.29, 0.717) is 24.2 Å². The van der Waals surface area contributed by atoms with Gasteiger partial charge in [-0.3, -0.25) is 9.59 Å². The smallest absolute Gasteiger partial charge is 0.270 e. The fourth-order valence-electron chi connectivity index (χ4n) is 3.26. The van der Waals surface area contributed by atoms with Gasteiger partial charge >= 0.3 is 0 Å². The lowest BCUT2D eigenvalue weighted by Gasteiger charge is -2.16. The topological polar surface area (TPSA) is 73.4 Å². The van der Waals surface area contributed by atoms with E-state index in [2.05, 4.69) is 4.98 Å². The van der Waals surface area contributed by atoms with Crippen LogP contribution in [0.25, 0.3) is 10.8 Å². The maximum absolute atomic E-state index is 12.5. The van der Waals surface area contributed by atoms with Crippen LogP contribution >= 0.6 is 0 Å². The van der Waals surface area contributed by atoms with Gasteiger partial charge in [0.1, 0.15) is 5.69 Å². The van der Waals surface area contributed by atoms with Gasteiger partial charge in [-0.25, -0.2) is 0 Å². The Morgan fingerprint density at radius 3 is 2.81 bits per heavy atom. The number of amides is 1. The number of carbonyl (C=O) groups is 1. The number of aromatic amines is 1. The van der Waals surface area contributed by atoms with E-state index in [1.807, 2.05) is 12.1 Å². The Balaban J connectivity index is 1.70. The lowest BCUT2D eigenvalue weighted by atomic mass is 10.0. The summed E-state index contributed by atoms with van der Waals surface area (Å²) in [5.74, 6) is -0.208. The standard InChI is InChI=1S/C16H16N2O3/c19-13-8-18(9-16(13)5-6-16)15(21)12-7-10-3-1-2-4-11(10)14(20)17-12/h1-4,7,13,19H,5-6,8-9H2,(H,17,20). The second-order valence-corrected chi connectivity index (χ2v) is 6.16. The molecule has 1 amide bonds. The normalized spacial score (nSPS) is 22.9. The SMILES string of the molecule is O=C(c1cc2ccccc2c(=O)[nH]1)N1CC(O)C2(CC2)C1. The van der Waals surface area contributed by atoms with Crippen LogP contribution in [0.1, 0.15) is 23.3 Å². The Morgan fingerprint density at radius 2 is 2.10 bits per heavy atom. The molecule has 1 saturated carbocycles. The van der Waals surface area contributed by atoms with Crippen LogP contribution in [-0.2, 0) is 0 Å². The number of carbonyl (C=O) groups excluding carboxylic acids is 1. The van der Waals surface area contributed by atoms with Crippen LogP contribution < -0.4 is 5.56 Å². The van der Waals surface area contributed by atoms with Gasteiger partial charge in [-0.1, -0.05) is 18.2 Å². The molecule has 2 heterocycles. The number of nitrogens with one attached hydrogen (secondary N) is 1. The molecule has 2 fully saturated rings. The summed E-state index contributed by atoms with van der Waals surface area (Å²) >= 11 is 0.